The molecule has 0 spiro atoms. The minimum Gasteiger partial charge on any atom is -0.335 e. The Bertz CT molecular complexity index is 773. The number of hydrogen-bond acceptors (Lipinski definition) is 2. The van der Waals surface area contributed by atoms with Crippen molar-refractivity contribution in [2.24, 2.45) is 0 Å². The average Bonchev–Trinajstić information content (AvgIpc) is 2.98. The van der Waals surface area contributed by atoms with Crippen molar-refractivity contribution >= 4 is 17.4 Å². The van der Waals surface area contributed by atoms with Crippen LogP contribution in [0.1, 0.15) is 21.6 Å². The van der Waals surface area contributed by atoms with Gasteiger partial charge in [-0.15, -0.1) is 0 Å². The van der Waals surface area contributed by atoms with Crippen LogP contribution >= 0.6 is 11.6 Å². The highest BCUT2D eigenvalue weighted by molar-refractivity contribution is 6.30. The maximum Gasteiger partial charge on any atom is 0.210 e. The van der Waals surface area contributed by atoms with Crippen molar-refractivity contribution in [3.05, 3.63) is 76.6 Å². The number of aryl methyl sites for hydroxylation is 1. The van der Waals surface area contributed by atoms with Gasteiger partial charge in [0.15, 0.2) is 0 Å². The molecule has 3 aromatic rings. The highest BCUT2D eigenvalue weighted by Gasteiger charge is 2.12. The molecule has 1 N–H and O–H groups in total. The number of ketones is 1. The van der Waals surface area contributed by atoms with E-state index >= 15 is 0 Å². The lowest BCUT2D eigenvalue weighted by molar-refractivity contribution is 0.103. The maximum atomic E-state index is 12.4. The minimum atomic E-state index is -0.0669. The fraction of sp³-hybridized carbons (Fsp3) is 0.0588. The second kappa shape index (κ2) is 5.54. The Morgan fingerprint density at radius 3 is 2.38 bits per heavy atom. The van der Waals surface area contributed by atoms with Gasteiger partial charge in [-0.05, 0) is 31.2 Å². The lowest BCUT2D eigenvalue weighted by Gasteiger charge is -1.99. The Labute approximate surface area is 127 Å². The number of nitrogens with one attached hydrogen (secondary N) is 1. The molecule has 0 fully saturated rings. The number of H-pyrrole nitrogens is 1. The third-order valence-electron chi connectivity index (χ3n) is 3.25. The summed E-state index contributed by atoms with van der Waals surface area (Å²) in [7, 11) is 0. The number of imidazole rings is 1. The molecule has 2 aromatic carbocycles. The zero-order valence-corrected chi connectivity index (χ0v) is 12.2. The summed E-state index contributed by atoms with van der Waals surface area (Å²) in [6.45, 7) is 1.99. The minimum absolute atomic E-state index is 0.0669. The lowest BCUT2D eigenvalue weighted by atomic mass is 10.1. The van der Waals surface area contributed by atoms with Gasteiger partial charge < -0.3 is 4.98 Å². The molecule has 21 heavy (non-hydrogen) atoms. The number of benzene rings is 2. The van der Waals surface area contributed by atoms with Crippen molar-refractivity contribution in [2.75, 3.05) is 0 Å². The largest absolute Gasteiger partial charge is 0.335 e. The molecule has 3 rings (SSSR count). The summed E-state index contributed by atoms with van der Waals surface area (Å²) in [6, 6.07) is 14.8. The van der Waals surface area contributed by atoms with Crippen molar-refractivity contribution < 1.29 is 4.79 Å². The van der Waals surface area contributed by atoms with E-state index in [1.165, 1.54) is 0 Å². The lowest BCUT2D eigenvalue weighted by Crippen LogP contribution is -2.01. The summed E-state index contributed by atoms with van der Waals surface area (Å²) in [4.78, 5) is 19.7. The normalized spacial score (nSPS) is 10.6. The summed E-state index contributed by atoms with van der Waals surface area (Å²) >= 11 is 5.86. The van der Waals surface area contributed by atoms with Crippen molar-refractivity contribution in [2.45, 2.75) is 6.92 Å². The molecule has 1 heterocycles. The molecule has 0 radical (unpaired) electrons. The average molecular weight is 297 g/mol. The summed E-state index contributed by atoms with van der Waals surface area (Å²) in [5, 5.41) is 0.668. The zero-order chi connectivity index (χ0) is 14.8. The van der Waals surface area contributed by atoms with E-state index in [1.807, 2.05) is 43.3 Å². The Hall–Kier alpha value is -2.39. The molecule has 0 aliphatic heterocycles. The predicted molar refractivity (Wildman–Crippen MR) is 83.6 cm³/mol. The molecule has 1 aromatic heterocycles. The fourth-order valence-corrected chi connectivity index (χ4v) is 2.18. The summed E-state index contributed by atoms with van der Waals surface area (Å²) < 4.78 is 0. The topological polar surface area (TPSA) is 45.8 Å². The molecule has 0 unspecified atom stereocenters. The first-order valence-electron chi connectivity index (χ1n) is 6.56. The van der Waals surface area contributed by atoms with Gasteiger partial charge in [-0.2, -0.15) is 0 Å². The fourth-order valence-electron chi connectivity index (χ4n) is 2.05. The molecule has 4 heteroatoms. The number of nitrogens with zero attached hydrogens (tertiary/aromatic N) is 1. The Morgan fingerprint density at radius 1 is 1.05 bits per heavy atom. The van der Waals surface area contributed by atoms with Gasteiger partial charge in [0.25, 0.3) is 0 Å². The molecule has 0 aliphatic rings. The van der Waals surface area contributed by atoms with Gasteiger partial charge in [0, 0.05) is 16.1 Å². The second-order valence-electron chi connectivity index (χ2n) is 4.85. The highest BCUT2D eigenvalue weighted by Crippen LogP contribution is 2.19. The van der Waals surface area contributed by atoms with Crippen LogP contribution in [0.25, 0.3) is 11.4 Å². The number of aromatic amines is 1. The molecule has 0 aliphatic carbocycles. The van der Waals surface area contributed by atoms with Crippen LogP contribution in [-0.4, -0.2) is 15.8 Å². The molecule has 0 bridgehead atoms. The van der Waals surface area contributed by atoms with E-state index in [9.17, 15) is 4.79 Å². The van der Waals surface area contributed by atoms with Gasteiger partial charge in [0.1, 0.15) is 11.5 Å². The number of halogens is 1. The first kappa shape index (κ1) is 13.6. The molecular formula is C17H13ClN2O. The third kappa shape index (κ3) is 2.88. The summed E-state index contributed by atoms with van der Waals surface area (Å²) in [5.41, 5.74) is 3.14. The van der Waals surface area contributed by atoms with E-state index in [0.29, 0.717) is 22.1 Å². The summed E-state index contributed by atoms with van der Waals surface area (Å²) in [6.07, 6.45) is 1.56. The molecule has 0 saturated carbocycles. The van der Waals surface area contributed by atoms with Crippen LogP contribution in [-0.2, 0) is 0 Å². The Balaban J connectivity index is 1.89. The number of aromatic nitrogens is 2. The molecule has 3 nitrogen and oxygen atoms in total. The van der Waals surface area contributed by atoms with Crippen LogP contribution in [0.3, 0.4) is 0 Å². The zero-order valence-electron chi connectivity index (χ0n) is 11.4. The third-order valence-corrected chi connectivity index (χ3v) is 3.50. The van der Waals surface area contributed by atoms with Gasteiger partial charge >= 0.3 is 0 Å². The SMILES string of the molecule is Cc1ccc(C(=O)c2cnc(-c3ccc(Cl)cc3)[nH]2)cc1. The van der Waals surface area contributed by atoms with Crippen LogP contribution in [0.5, 0.6) is 0 Å². The standard InChI is InChI=1S/C17H13ClN2O/c1-11-2-4-12(5-3-11)16(21)15-10-19-17(20-15)13-6-8-14(18)9-7-13/h2-10H,1H3,(H,19,20). The predicted octanol–water partition coefficient (Wildman–Crippen LogP) is 4.27. The van der Waals surface area contributed by atoms with Crippen molar-refractivity contribution in [3.8, 4) is 11.4 Å². The van der Waals surface area contributed by atoms with Gasteiger partial charge in [-0.25, -0.2) is 4.98 Å². The Kier molecular flexibility index (Phi) is 3.59. The van der Waals surface area contributed by atoms with Gasteiger partial charge in [-0.3, -0.25) is 4.79 Å². The van der Waals surface area contributed by atoms with Crippen LogP contribution < -0.4 is 0 Å². The molecule has 0 atom stereocenters. The van der Waals surface area contributed by atoms with Gasteiger partial charge in [0.2, 0.25) is 5.78 Å². The van der Waals surface area contributed by atoms with Crippen LogP contribution in [0.15, 0.2) is 54.7 Å². The molecule has 0 amide bonds. The van der Waals surface area contributed by atoms with Crippen LogP contribution in [0.4, 0.5) is 0 Å². The van der Waals surface area contributed by atoms with Crippen molar-refractivity contribution in [1.29, 1.82) is 0 Å². The molecule has 0 saturated heterocycles. The molecule has 104 valence electrons. The Morgan fingerprint density at radius 2 is 1.71 bits per heavy atom. The first-order valence-corrected chi connectivity index (χ1v) is 6.93. The quantitative estimate of drug-likeness (QED) is 0.734. The van der Waals surface area contributed by atoms with E-state index in [0.717, 1.165) is 11.1 Å². The van der Waals surface area contributed by atoms with Crippen molar-refractivity contribution in [3.63, 3.8) is 0 Å². The number of carbonyl (C=O) groups excluding carboxylic acids is 1. The smallest absolute Gasteiger partial charge is 0.210 e. The molecular weight excluding hydrogens is 284 g/mol. The van der Waals surface area contributed by atoms with Crippen molar-refractivity contribution in [1.82, 2.24) is 9.97 Å². The van der Waals surface area contributed by atoms with E-state index in [1.54, 1.807) is 18.3 Å². The monoisotopic (exact) mass is 296 g/mol. The van der Waals surface area contributed by atoms with Crippen LogP contribution in [0.2, 0.25) is 5.02 Å². The van der Waals surface area contributed by atoms with E-state index in [2.05, 4.69) is 9.97 Å². The van der Waals surface area contributed by atoms with Crippen LogP contribution in [0, 0.1) is 6.92 Å². The number of hydrogen-bond donors (Lipinski definition) is 1. The van der Waals surface area contributed by atoms with E-state index in [-0.39, 0.29) is 5.78 Å². The first-order chi connectivity index (χ1) is 10.1. The summed E-state index contributed by atoms with van der Waals surface area (Å²) in [5.74, 6) is 0.588. The van der Waals surface area contributed by atoms with E-state index < -0.39 is 0 Å². The van der Waals surface area contributed by atoms with Gasteiger partial charge in [0.05, 0.1) is 6.20 Å². The number of rotatable bonds is 3. The maximum absolute atomic E-state index is 12.4. The number of carbonyl (C=O) groups is 1. The van der Waals surface area contributed by atoms with Gasteiger partial charge in [-0.1, -0.05) is 41.4 Å². The highest BCUT2D eigenvalue weighted by atomic mass is 35.5. The second-order valence-corrected chi connectivity index (χ2v) is 5.28. The van der Waals surface area contributed by atoms with E-state index in [4.69, 9.17) is 11.6 Å².